The molecular formula is C12H21Cl. The Morgan fingerprint density at radius 2 is 1.77 bits per heavy atom. The third kappa shape index (κ3) is 4.52. The molecule has 76 valence electrons. The fraction of sp³-hybridized carbons (Fsp3) is 0.667. The van der Waals surface area contributed by atoms with E-state index in [1.54, 1.807) is 0 Å². The minimum absolute atomic E-state index is 0.00800. The van der Waals surface area contributed by atoms with Crippen LogP contribution in [0.2, 0.25) is 0 Å². The van der Waals surface area contributed by atoms with Gasteiger partial charge in [0.25, 0.3) is 0 Å². The van der Waals surface area contributed by atoms with E-state index in [9.17, 15) is 0 Å². The summed E-state index contributed by atoms with van der Waals surface area (Å²) in [6, 6.07) is 0. The van der Waals surface area contributed by atoms with Crippen LogP contribution >= 0.6 is 11.6 Å². The molecule has 0 aliphatic rings. The molecule has 0 aromatic heterocycles. The lowest BCUT2D eigenvalue weighted by molar-refractivity contribution is 0.236. The van der Waals surface area contributed by atoms with Gasteiger partial charge in [0, 0.05) is 10.4 Å². The lowest BCUT2D eigenvalue weighted by atomic mass is 9.73. The quantitative estimate of drug-likeness (QED) is 0.562. The van der Waals surface area contributed by atoms with Crippen LogP contribution in [0.5, 0.6) is 0 Å². The molecule has 13 heavy (non-hydrogen) atoms. The largest absolute Gasteiger partial charge is 0.103 e. The van der Waals surface area contributed by atoms with E-state index in [0.29, 0.717) is 0 Å². The zero-order valence-electron chi connectivity index (χ0n) is 9.28. The summed E-state index contributed by atoms with van der Waals surface area (Å²) in [5.74, 6) is 0. The van der Waals surface area contributed by atoms with E-state index in [4.69, 9.17) is 11.6 Å². The standard InChI is InChI=1S/C12H21Cl/c1-7-8-11(3,4)9-12(5,6)10(2)13/h7H,1-2,8-9H2,3-6H3. The Kier molecular flexibility index (Phi) is 4.25. The fourth-order valence-corrected chi connectivity index (χ4v) is 1.82. The van der Waals surface area contributed by atoms with Gasteiger partial charge in [-0.05, 0) is 18.3 Å². The summed E-state index contributed by atoms with van der Waals surface area (Å²) in [5, 5.41) is 0.740. The van der Waals surface area contributed by atoms with Crippen molar-refractivity contribution >= 4 is 11.6 Å². The lowest BCUT2D eigenvalue weighted by Crippen LogP contribution is -2.22. The predicted molar refractivity (Wildman–Crippen MR) is 62.0 cm³/mol. The van der Waals surface area contributed by atoms with Crippen LogP contribution in [-0.2, 0) is 0 Å². The number of halogens is 1. The third-order valence-corrected chi connectivity index (χ3v) is 2.86. The highest BCUT2D eigenvalue weighted by Gasteiger charge is 2.29. The van der Waals surface area contributed by atoms with Crippen molar-refractivity contribution in [2.45, 2.75) is 40.5 Å². The lowest BCUT2D eigenvalue weighted by Gasteiger charge is -2.33. The predicted octanol–water partition coefficient (Wildman–Crippen LogP) is 4.76. The maximum absolute atomic E-state index is 5.96. The average molecular weight is 201 g/mol. The van der Waals surface area contributed by atoms with Crippen LogP contribution in [0.15, 0.2) is 24.3 Å². The number of hydrogen-bond donors (Lipinski definition) is 0. The molecule has 1 heteroatoms. The first-order valence-corrected chi connectivity index (χ1v) is 5.05. The summed E-state index contributed by atoms with van der Waals surface area (Å²) in [7, 11) is 0. The first kappa shape index (κ1) is 12.8. The van der Waals surface area contributed by atoms with Gasteiger partial charge in [-0.15, -0.1) is 6.58 Å². The molecule has 0 aromatic rings. The summed E-state index contributed by atoms with van der Waals surface area (Å²) < 4.78 is 0. The van der Waals surface area contributed by atoms with Crippen molar-refractivity contribution in [1.82, 2.24) is 0 Å². The van der Waals surface area contributed by atoms with Crippen LogP contribution in [0.4, 0.5) is 0 Å². The second-order valence-corrected chi connectivity index (χ2v) is 5.58. The summed E-state index contributed by atoms with van der Waals surface area (Å²) in [4.78, 5) is 0. The average Bonchev–Trinajstić information content (AvgIpc) is 1.83. The van der Waals surface area contributed by atoms with E-state index in [-0.39, 0.29) is 10.8 Å². The van der Waals surface area contributed by atoms with Gasteiger partial charge in [-0.2, -0.15) is 0 Å². The summed E-state index contributed by atoms with van der Waals surface area (Å²) in [5.41, 5.74) is 0.261. The SMILES string of the molecule is C=CCC(C)(C)CC(C)(C)C(=C)Cl. The Bertz CT molecular complexity index is 199. The molecule has 0 radical (unpaired) electrons. The monoisotopic (exact) mass is 200 g/mol. The molecule has 0 nitrogen and oxygen atoms in total. The van der Waals surface area contributed by atoms with E-state index < -0.39 is 0 Å². The topological polar surface area (TPSA) is 0 Å². The van der Waals surface area contributed by atoms with Gasteiger partial charge in [0.2, 0.25) is 0 Å². The Labute approximate surface area is 87.7 Å². The van der Waals surface area contributed by atoms with Crippen molar-refractivity contribution in [2.24, 2.45) is 10.8 Å². The van der Waals surface area contributed by atoms with Gasteiger partial charge in [-0.25, -0.2) is 0 Å². The molecule has 0 N–H and O–H groups in total. The van der Waals surface area contributed by atoms with Gasteiger partial charge < -0.3 is 0 Å². The summed E-state index contributed by atoms with van der Waals surface area (Å²) in [6.45, 7) is 16.3. The van der Waals surface area contributed by atoms with Crippen molar-refractivity contribution in [3.8, 4) is 0 Å². The Morgan fingerprint density at radius 1 is 1.31 bits per heavy atom. The Morgan fingerprint density at radius 3 is 2.08 bits per heavy atom. The Balaban J connectivity index is 4.41. The molecular weight excluding hydrogens is 180 g/mol. The van der Waals surface area contributed by atoms with Crippen molar-refractivity contribution in [3.05, 3.63) is 24.3 Å². The van der Waals surface area contributed by atoms with Gasteiger partial charge in [-0.1, -0.05) is 52.0 Å². The summed E-state index contributed by atoms with van der Waals surface area (Å²) >= 11 is 5.96. The van der Waals surface area contributed by atoms with E-state index in [2.05, 4.69) is 40.9 Å². The molecule has 0 aliphatic heterocycles. The molecule has 0 amide bonds. The van der Waals surface area contributed by atoms with Crippen LogP contribution in [0, 0.1) is 10.8 Å². The van der Waals surface area contributed by atoms with E-state index >= 15 is 0 Å². The zero-order chi connectivity index (χ0) is 10.7. The van der Waals surface area contributed by atoms with Gasteiger partial charge >= 0.3 is 0 Å². The minimum atomic E-state index is 0.00800. The van der Waals surface area contributed by atoms with Gasteiger partial charge in [0.05, 0.1) is 0 Å². The van der Waals surface area contributed by atoms with Crippen LogP contribution < -0.4 is 0 Å². The van der Waals surface area contributed by atoms with Crippen LogP contribution in [0.1, 0.15) is 40.5 Å². The fourth-order valence-electron chi connectivity index (χ4n) is 1.76. The minimum Gasteiger partial charge on any atom is -0.103 e. The highest BCUT2D eigenvalue weighted by atomic mass is 35.5. The molecule has 0 aromatic carbocycles. The number of allylic oxidation sites excluding steroid dienone is 2. The molecule has 0 spiro atoms. The number of hydrogen-bond acceptors (Lipinski definition) is 0. The first-order chi connectivity index (χ1) is 5.71. The zero-order valence-corrected chi connectivity index (χ0v) is 10.0. The first-order valence-electron chi connectivity index (χ1n) is 4.67. The van der Waals surface area contributed by atoms with Crippen molar-refractivity contribution < 1.29 is 0 Å². The molecule has 0 aliphatic carbocycles. The molecule has 0 atom stereocenters. The maximum atomic E-state index is 5.96. The second kappa shape index (κ2) is 4.32. The highest BCUT2D eigenvalue weighted by Crippen LogP contribution is 2.41. The molecule has 0 unspecified atom stereocenters. The third-order valence-electron chi connectivity index (χ3n) is 2.35. The number of rotatable bonds is 5. The van der Waals surface area contributed by atoms with Crippen LogP contribution in [0.25, 0.3) is 0 Å². The van der Waals surface area contributed by atoms with Crippen molar-refractivity contribution in [3.63, 3.8) is 0 Å². The molecule has 0 saturated carbocycles. The smallest absolute Gasteiger partial charge is 0.0165 e. The van der Waals surface area contributed by atoms with E-state index in [0.717, 1.165) is 17.9 Å². The van der Waals surface area contributed by atoms with Crippen molar-refractivity contribution in [2.75, 3.05) is 0 Å². The van der Waals surface area contributed by atoms with Crippen molar-refractivity contribution in [1.29, 1.82) is 0 Å². The Hall–Kier alpha value is -0.230. The molecule has 0 fully saturated rings. The normalized spacial score (nSPS) is 12.7. The molecule has 0 bridgehead atoms. The molecule has 0 saturated heterocycles. The van der Waals surface area contributed by atoms with Gasteiger partial charge in [-0.3, -0.25) is 0 Å². The van der Waals surface area contributed by atoms with Gasteiger partial charge in [0.1, 0.15) is 0 Å². The van der Waals surface area contributed by atoms with Crippen LogP contribution in [0.3, 0.4) is 0 Å². The van der Waals surface area contributed by atoms with Gasteiger partial charge in [0.15, 0.2) is 0 Å². The highest BCUT2D eigenvalue weighted by molar-refractivity contribution is 6.29. The second-order valence-electron chi connectivity index (χ2n) is 5.12. The maximum Gasteiger partial charge on any atom is 0.0165 e. The van der Waals surface area contributed by atoms with E-state index in [1.165, 1.54) is 0 Å². The molecule has 0 heterocycles. The van der Waals surface area contributed by atoms with Crippen LogP contribution in [-0.4, -0.2) is 0 Å². The summed E-state index contributed by atoms with van der Waals surface area (Å²) in [6.07, 6.45) is 4.02. The van der Waals surface area contributed by atoms with E-state index in [1.807, 2.05) is 6.08 Å². The molecule has 0 rings (SSSR count).